The van der Waals surface area contributed by atoms with Gasteiger partial charge in [0.2, 0.25) is 0 Å². The van der Waals surface area contributed by atoms with Gasteiger partial charge in [-0.1, -0.05) is 28.8 Å². The number of rotatable bonds is 4. The quantitative estimate of drug-likeness (QED) is 0.897. The van der Waals surface area contributed by atoms with E-state index < -0.39 is 0 Å². The lowest BCUT2D eigenvalue weighted by atomic mass is 10.1. The minimum atomic E-state index is -0.211. The second-order valence-corrected chi connectivity index (χ2v) is 5.63. The lowest BCUT2D eigenvalue weighted by molar-refractivity contribution is 0.0934. The summed E-state index contributed by atoms with van der Waals surface area (Å²) in [5.41, 5.74) is 0.321. The predicted molar refractivity (Wildman–Crippen MR) is 70.1 cm³/mol. The summed E-state index contributed by atoms with van der Waals surface area (Å²) in [4.78, 5) is 11.9. The predicted octanol–water partition coefficient (Wildman–Crippen LogP) is 3.07. The van der Waals surface area contributed by atoms with E-state index in [9.17, 15) is 9.90 Å². The molecule has 0 bridgehead atoms. The third kappa shape index (κ3) is 3.46. The highest BCUT2D eigenvalue weighted by atomic mass is 79.9. The molecule has 2 N–H and O–H groups in total. The molecule has 1 aliphatic rings. The number of carbonyl (C=O) groups is 1. The van der Waals surface area contributed by atoms with Crippen molar-refractivity contribution in [2.75, 3.05) is 0 Å². The smallest absolute Gasteiger partial charge is 0.255 e. The Bertz CT molecular complexity index is 429. The molecular formula is C13H16BrNO2. The molecule has 2 rings (SSSR count). The number of hydrogen-bond donors (Lipinski definition) is 2. The molecule has 1 fully saturated rings. The summed E-state index contributed by atoms with van der Waals surface area (Å²) in [6.45, 7) is 2.01. The van der Waals surface area contributed by atoms with Gasteiger partial charge in [-0.3, -0.25) is 4.79 Å². The van der Waals surface area contributed by atoms with Crippen molar-refractivity contribution in [1.82, 2.24) is 5.32 Å². The molecule has 1 aromatic carbocycles. The van der Waals surface area contributed by atoms with Gasteiger partial charge in [-0.25, -0.2) is 0 Å². The number of carbonyl (C=O) groups excluding carboxylic acids is 1. The number of aromatic hydroxyl groups is 1. The topological polar surface area (TPSA) is 49.3 Å². The Hall–Kier alpha value is -1.03. The molecule has 0 spiro atoms. The highest BCUT2D eigenvalue weighted by Crippen LogP contribution is 2.33. The monoisotopic (exact) mass is 297 g/mol. The minimum absolute atomic E-state index is 0.0179. The van der Waals surface area contributed by atoms with E-state index in [1.165, 1.54) is 18.9 Å². The fourth-order valence-corrected chi connectivity index (χ4v) is 2.27. The average molecular weight is 298 g/mol. The van der Waals surface area contributed by atoms with Crippen LogP contribution in [0.4, 0.5) is 0 Å². The Morgan fingerprint density at radius 3 is 2.94 bits per heavy atom. The van der Waals surface area contributed by atoms with Crippen LogP contribution in [-0.2, 0) is 0 Å². The summed E-state index contributed by atoms with van der Waals surface area (Å²) in [7, 11) is 0. The number of amides is 1. The van der Waals surface area contributed by atoms with Gasteiger partial charge in [-0.2, -0.15) is 0 Å². The van der Waals surface area contributed by atoms with E-state index in [0.29, 0.717) is 5.56 Å². The van der Waals surface area contributed by atoms with Gasteiger partial charge >= 0.3 is 0 Å². The molecule has 0 radical (unpaired) electrons. The number of nitrogens with one attached hydrogen (secondary N) is 1. The van der Waals surface area contributed by atoms with Gasteiger partial charge in [-0.05, 0) is 37.5 Å². The molecule has 1 unspecified atom stereocenters. The Kier molecular flexibility index (Phi) is 3.72. The van der Waals surface area contributed by atoms with E-state index in [2.05, 4.69) is 21.2 Å². The molecule has 1 atom stereocenters. The SMILES string of the molecule is CC(CC1CC1)NC(=O)c1cc(Br)ccc1O. The first kappa shape index (κ1) is 12.4. The highest BCUT2D eigenvalue weighted by Gasteiger charge is 2.24. The number of hydrogen-bond acceptors (Lipinski definition) is 2. The van der Waals surface area contributed by atoms with Crippen molar-refractivity contribution in [3.63, 3.8) is 0 Å². The molecule has 1 amide bonds. The summed E-state index contributed by atoms with van der Waals surface area (Å²) < 4.78 is 0.787. The molecule has 1 aromatic rings. The molecule has 0 aromatic heterocycles. The lowest BCUT2D eigenvalue weighted by Gasteiger charge is -2.14. The molecule has 3 nitrogen and oxygen atoms in total. The molecule has 1 saturated carbocycles. The molecule has 17 heavy (non-hydrogen) atoms. The van der Waals surface area contributed by atoms with Gasteiger partial charge in [0.1, 0.15) is 5.75 Å². The van der Waals surface area contributed by atoms with Gasteiger partial charge in [0.25, 0.3) is 5.91 Å². The van der Waals surface area contributed by atoms with E-state index in [4.69, 9.17) is 0 Å². The van der Waals surface area contributed by atoms with Crippen LogP contribution >= 0.6 is 15.9 Å². The van der Waals surface area contributed by atoms with Crippen LogP contribution in [0, 0.1) is 5.92 Å². The molecule has 0 saturated heterocycles. The average Bonchev–Trinajstić information content (AvgIpc) is 3.05. The zero-order valence-corrected chi connectivity index (χ0v) is 11.3. The first-order valence-corrected chi connectivity index (χ1v) is 6.65. The number of benzene rings is 1. The second kappa shape index (κ2) is 5.08. The van der Waals surface area contributed by atoms with Gasteiger partial charge in [0.05, 0.1) is 5.56 Å². The van der Waals surface area contributed by atoms with Crippen LogP contribution in [0.5, 0.6) is 5.75 Å². The summed E-state index contributed by atoms with van der Waals surface area (Å²) in [5.74, 6) is 0.586. The summed E-state index contributed by atoms with van der Waals surface area (Å²) in [5, 5.41) is 12.5. The maximum absolute atomic E-state index is 11.9. The molecule has 0 heterocycles. The van der Waals surface area contributed by atoms with E-state index in [-0.39, 0.29) is 17.7 Å². The van der Waals surface area contributed by atoms with Gasteiger partial charge < -0.3 is 10.4 Å². The fourth-order valence-electron chi connectivity index (χ4n) is 1.90. The van der Waals surface area contributed by atoms with Crippen LogP contribution in [0.15, 0.2) is 22.7 Å². The fraction of sp³-hybridized carbons (Fsp3) is 0.462. The maximum Gasteiger partial charge on any atom is 0.255 e. The van der Waals surface area contributed by atoms with E-state index in [0.717, 1.165) is 16.8 Å². The van der Waals surface area contributed by atoms with Gasteiger partial charge in [0, 0.05) is 10.5 Å². The van der Waals surface area contributed by atoms with Crippen LogP contribution < -0.4 is 5.32 Å². The first-order chi connectivity index (χ1) is 8.06. The van der Waals surface area contributed by atoms with Crippen LogP contribution in [-0.4, -0.2) is 17.1 Å². The molecule has 1 aliphatic carbocycles. The summed E-state index contributed by atoms with van der Waals surface area (Å²) >= 11 is 3.29. The van der Waals surface area contributed by atoms with Crippen molar-refractivity contribution >= 4 is 21.8 Å². The molecular weight excluding hydrogens is 282 g/mol. The van der Waals surface area contributed by atoms with E-state index in [1.54, 1.807) is 12.1 Å². The van der Waals surface area contributed by atoms with Crippen molar-refractivity contribution in [1.29, 1.82) is 0 Å². The number of halogens is 1. The summed E-state index contributed by atoms with van der Waals surface area (Å²) in [6, 6.07) is 5.02. The Labute approximate surface area is 109 Å². The van der Waals surface area contributed by atoms with Gasteiger partial charge in [0.15, 0.2) is 0 Å². The summed E-state index contributed by atoms with van der Waals surface area (Å²) in [6.07, 6.45) is 3.59. The lowest BCUT2D eigenvalue weighted by Crippen LogP contribution is -2.32. The van der Waals surface area contributed by atoms with Crippen LogP contribution in [0.25, 0.3) is 0 Å². The minimum Gasteiger partial charge on any atom is -0.507 e. The van der Waals surface area contributed by atoms with Crippen LogP contribution in [0.1, 0.15) is 36.5 Å². The van der Waals surface area contributed by atoms with Crippen molar-refractivity contribution in [3.8, 4) is 5.75 Å². The zero-order valence-electron chi connectivity index (χ0n) is 9.74. The van der Waals surface area contributed by atoms with Crippen molar-refractivity contribution in [2.45, 2.75) is 32.2 Å². The van der Waals surface area contributed by atoms with Crippen molar-refractivity contribution in [2.24, 2.45) is 5.92 Å². The third-order valence-corrected chi connectivity index (χ3v) is 3.46. The second-order valence-electron chi connectivity index (χ2n) is 4.72. The highest BCUT2D eigenvalue weighted by molar-refractivity contribution is 9.10. The van der Waals surface area contributed by atoms with Crippen LogP contribution in [0.3, 0.4) is 0 Å². The first-order valence-electron chi connectivity index (χ1n) is 5.85. The number of phenolic OH excluding ortho intramolecular Hbond substituents is 1. The van der Waals surface area contributed by atoms with E-state index >= 15 is 0 Å². The zero-order chi connectivity index (χ0) is 12.4. The van der Waals surface area contributed by atoms with E-state index in [1.807, 2.05) is 6.92 Å². The standard InChI is InChI=1S/C13H16BrNO2/c1-8(6-9-2-3-9)15-13(17)11-7-10(14)4-5-12(11)16/h4-5,7-9,16H,2-3,6H2,1H3,(H,15,17). The third-order valence-electron chi connectivity index (χ3n) is 2.96. The van der Waals surface area contributed by atoms with Crippen LogP contribution in [0.2, 0.25) is 0 Å². The molecule has 4 heteroatoms. The number of phenols is 1. The molecule has 92 valence electrons. The molecule has 0 aliphatic heterocycles. The Morgan fingerprint density at radius 2 is 2.29 bits per heavy atom. The Morgan fingerprint density at radius 1 is 1.59 bits per heavy atom. The Balaban J connectivity index is 2.00. The van der Waals surface area contributed by atoms with Gasteiger partial charge in [-0.15, -0.1) is 0 Å². The largest absolute Gasteiger partial charge is 0.507 e. The van der Waals surface area contributed by atoms with Crippen molar-refractivity contribution in [3.05, 3.63) is 28.2 Å². The van der Waals surface area contributed by atoms with Crippen molar-refractivity contribution < 1.29 is 9.90 Å². The maximum atomic E-state index is 11.9. The normalized spacial score (nSPS) is 16.6.